The van der Waals surface area contributed by atoms with Crippen molar-refractivity contribution < 1.29 is 14.3 Å². The fourth-order valence-electron chi connectivity index (χ4n) is 1.66. The van der Waals surface area contributed by atoms with E-state index in [-0.39, 0.29) is 5.78 Å². The van der Waals surface area contributed by atoms with Gasteiger partial charge in [0.25, 0.3) is 0 Å². The molecule has 86 valence electrons. The van der Waals surface area contributed by atoms with Crippen LogP contribution in [0, 0.1) is 0 Å². The van der Waals surface area contributed by atoms with E-state index in [0.717, 1.165) is 0 Å². The molecule has 0 spiro atoms. The van der Waals surface area contributed by atoms with Gasteiger partial charge in [0.15, 0.2) is 11.6 Å². The topological polar surface area (TPSA) is 35.5 Å². The van der Waals surface area contributed by atoms with E-state index >= 15 is 0 Å². The Balaban J connectivity index is 2.16. The summed E-state index contributed by atoms with van der Waals surface area (Å²) in [6.07, 6.45) is 0. The van der Waals surface area contributed by atoms with Gasteiger partial charge in [0.1, 0.15) is 4.83 Å². The van der Waals surface area contributed by atoms with Crippen LogP contribution in [0.3, 0.4) is 0 Å². The van der Waals surface area contributed by atoms with Crippen molar-refractivity contribution in [3.63, 3.8) is 0 Å². The zero-order valence-corrected chi connectivity index (χ0v) is 10.6. The van der Waals surface area contributed by atoms with Crippen LogP contribution < -0.4 is 0 Å². The number of benzene rings is 1. The molecule has 1 aromatic carbocycles. The third kappa shape index (κ3) is 2.19. The summed E-state index contributed by atoms with van der Waals surface area (Å²) >= 11 is 3.36. The molecule has 1 unspecified atom stereocenters. The molecule has 1 atom stereocenters. The van der Waals surface area contributed by atoms with E-state index in [1.54, 1.807) is 19.1 Å². The first kappa shape index (κ1) is 11.8. The highest BCUT2D eigenvalue weighted by Crippen LogP contribution is 2.30. The molecule has 1 aromatic rings. The molecule has 2 rings (SSSR count). The summed E-state index contributed by atoms with van der Waals surface area (Å²) in [5.41, 5.74) is 0.657. The second kappa shape index (κ2) is 4.65. The molecule has 1 saturated heterocycles. The molecule has 1 heterocycles. The van der Waals surface area contributed by atoms with Crippen LogP contribution in [0.2, 0.25) is 0 Å². The lowest BCUT2D eigenvalue weighted by molar-refractivity contribution is -0.133. The van der Waals surface area contributed by atoms with E-state index in [9.17, 15) is 4.79 Å². The molecule has 1 aliphatic heterocycles. The minimum atomic E-state index is -0.854. The number of halogens is 1. The first-order valence-electron chi connectivity index (χ1n) is 5.15. The molecule has 0 radical (unpaired) electrons. The van der Waals surface area contributed by atoms with E-state index in [1.165, 1.54) is 0 Å². The molecular formula is C12H13BrO3. The zero-order chi connectivity index (χ0) is 11.6. The van der Waals surface area contributed by atoms with Gasteiger partial charge in [-0.05, 0) is 6.92 Å². The first-order chi connectivity index (χ1) is 7.63. The number of carbonyl (C=O) groups excluding carboxylic acids is 1. The molecule has 4 heteroatoms. The van der Waals surface area contributed by atoms with E-state index < -0.39 is 10.6 Å². The van der Waals surface area contributed by atoms with Crippen molar-refractivity contribution in [2.45, 2.75) is 17.5 Å². The predicted molar refractivity (Wildman–Crippen MR) is 63.8 cm³/mol. The van der Waals surface area contributed by atoms with E-state index in [1.807, 2.05) is 18.2 Å². The van der Waals surface area contributed by atoms with Gasteiger partial charge < -0.3 is 9.47 Å². The Kier molecular flexibility index (Phi) is 3.42. The van der Waals surface area contributed by atoms with Crippen LogP contribution in [0.4, 0.5) is 0 Å². The molecule has 1 aliphatic rings. The van der Waals surface area contributed by atoms with Crippen molar-refractivity contribution in [2.24, 2.45) is 0 Å². The normalized spacial score (nSPS) is 20.6. The van der Waals surface area contributed by atoms with Crippen molar-refractivity contribution in [1.82, 2.24) is 0 Å². The molecule has 0 bridgehead atoms. The Morgan fingerprint density at radius 3 is 2.44 bits per heavy atom. The van der Waals surface area contributed by atoms with E-state index in [2.05, 4.69) is 15.9 Å². The fourth-order valence-corrected chi connectivity index (χ4v) is 2.19. The lowest BCUT2D eigenvalue weighted by atomic mass is 10.0. The van der Waals surface area contributed by atoms with Gasteiger partial charge in [-0.2, -0.15) is 0 Å². The summed E-state index contributed by atoms with van der Waals surface area (Å²) in [4.78, 5) is 11.6. The minimum absolute atomic E-state index is 0.0231. The summed E-state index contributed by atoms with van der Waals surface area (Å²) in [6.45, 7) is 2.83. The van der Waals surface area contributed by atoms with Crippen molar-refractivity contribution in [2.75, 3.05) is 13.2 Å². The third-order valence-corrected chi connectivity index (χ3v) is 3.86. The Hall–Kier alpha value is -0.710. The third-order valence-electron chi connectivity index (χ3n) is 2.61. The van der Waals surface area contributed by atoms with Gasteiger partial charge in [0, 0.05) is 5.56 Å². The Labute approximate surface area is 103 Å². The van der Waals surface area contributed by atoms with Gasteiger partial charge >= 0.3 is 0 Å². The molecule has 0 saturated carbocycles. The van der Waals surface area contributed by atoms with Crippen molar-refractivity contribution in [1.29, 1.82) is 0 Å². The van der Waals surface area contributed by atoms with Crippen LogP contribution >= 0.6 is 15.9 Å². The van der Waals surface area contributed by atoms with Gasteiger partial charge in [-0.1, -0.05) is 46.3 Å². The molecule has 0 aliphatic carbocycles. The summed E-state index contributed by atoms with van der Waals surface area (Å²) in [5.74, 6) is -0.877. The number of ketones is 1. The number of ether oxygens (including phenoxy) is 2. The average Bonchev–Trinajstić information content (AvgIpc) is 2.77. The zero-order valence-electron chi connectivity index (χ0n) is 8.98. The van der Waals surface area contributed by atoms with Crippen LogP contribution in [0.25, 0.3) is 0 Å². The summed E-state index contributed by atoms with van der Waals surface area (Å²) in [7, 11) is 0. The maximum atomic E-state index is 12.1. The minimum Gasteiger partial charge on any atom is -0.346 e. The van der Waals surface area contributed by atoms with Crippen LogP contribution in [0.1, 0.15) is 17.3 Å². The monoisotopic (exact) mass is 284 g/mol. The smallest absolute Gasteiger partial charge is 0.185 e. The summed E-state index contributed by atoms with van der Waals surface area (Å²) in [5, 5.41) is 0. The second-order valence-corrected chi connectivity index (χ2v) is 4.72. The van der Waals surface area contributed by atoms with Crippen molar-refractivity contribution >= 4 is 21.7 Å². The molecule has 0 aromatic heterocycles. The van der Waals surface area contributed by atoms with Crippen molar-refractivity contribution in [3.05, 3.63) is 35.9 Å². The molecule has 0 amide bonds. The number of carbonyl (C=O) groups is 1. The Bertz CT molecular complexity index is 371. The van der Waals surface area contributed by atoms with Gasteiger partial charge in [-0.15, -0.1) is 0 Å². The van der Waals surface area contributed by atoms with Crippen LogP contribution in [-0.2, 0) is 9.47 Å². The molecule has 1 fully saturated rings. The van der Waals surface area contributed by atoms with Crippen LogP contribution in [-0.4, -0.2) is 29.6 Å². The van der Waals surface area contributed by atoms with Gasteiger partial charge in [-0.3, -0.25) is 4.79 Å². The maximum Gasteiger partial charge on any atom is 0.185 e. The number of Topliss-reactive ketones (excluding diaryl/α,β-unsaturated/α-hetero) is 1. The highest BCUT2D eigenvalue weighted by molar-refractivity contribution is 9.10. The van der Waals surface area contributed by atoms with Crippen LogP contribution in [0.15, 0.2) is 30.3 Å². The number of hydrogen-bond donors (Lipinski definition) is 0. The molecule has 16 heavy (non-hydrogen) atoms. The standard InChI is InChI=1S/C12H13BrO3/c1-12(15-7-8-16-12)11(13)10(14)9-5-3-2-4-6-9/h2-6,11H,7-8H2,1H3. The predicted octanol–water partition coefficient (Wildman–Crippen LogP) is 2.40. The number of rotatable bonds is 3. The molecule has 3 nitrogen and oxygen atoms in total. The van der Waals surface area contributed by atoms with Gasteiger partial charge in [0.2, 0.25) is 0 Å². The maximum absolute atomic E-state index is 12.1. The lowest BCUT2D eigenvalue weighted by Gasteiger charge is -2.26. The van der Waals surface area contributed by atoms with Crippen LogP contribution in [0.5, 0.6) is 0 Å². The molecular weight excluding hydrogens is 272 g/mol. The fraction of sp³-hybridized carbons (Fsp3) is 0.417. The Morgan fingerprint density at radius 1 is 1.31 bits per heavy atom. The number of alkyl halides is 1. The first-order valence-corrected chi connectivity index (χ1v) is 6.06. The van der Waals surface area contributed by atoms with Gasteiger partial charge in [0.05, 0.1) is 13.2 Å². The highest BCUT2D eigenvalue weighted by Gasteiger charge is 2.42. The van der Waals surface area contributed by atoms with E-state index in [0.29, 0.717) is 18.8 Å². The SMILES string of the molecule is CC1(C(Br)C(=O)c2ccccc2)OCCO1. The van der Waals surface area contributed by atoms with Crippen molar-refractivity contribution in [3.8, 4) is 0 Å². The van der Waals surface area contributed by atoms with Gasteiger partial charge in [-0.25, -0.2) is 0 Å². The summed E-state index contributed by atoms with van der Waals surface area (Å²) in [6, 6.07) is 9.13. The average molecular weight is 285 g/mol. The lowest BCUT2D eigenvalue weighted by Crippen LogP contribution is -2.41. The highest BCUT2D eigenvalue weighted by atomic mass is 79.9. The van der Waals surface area contributed by atoms with E-state index in [4.69, 9.17) is 9.47 Å². The molecule has 0 N–H and O–H groups in total. The summed E-state index contributed by atoms with van der Waals surface area (Å²) < 4.78 is 10.9. The second-order valence-electron chi connectivity index (χ2n) is 3.81. The number of hydrogen-bond acceptors (Lipinski definition) is 3. The Morgan fingerprint density at radius 2 is 1.88 bits per heavy atom. The quantitative estimate of drug-likeness (QED) is 0.632. The largest absolute Gasteiger partial charge is 0.346 e.